The lowest BCUT2D eigenvalue weighted by Crippen LogP contribution is -2.41. The molecule has 0 saturated carbocycles. The van der Waals surface area contributed by atoms with E-state index in [0.29, 0.717) is 124 Å². The molecule has 5 N–H and O–H groups in total. The van der Waals surface area contributed by atoms with Crippen LogP contribution in [0.25, 0.3) is 22.3 Å². The zero-order valence-corrected chi connectivity index (χ0v) is 53.5. The highest BCUT2D eigenvalue weighted by Gasteiger charge is 2.37. The Morgan fingerprint density at radius 3 is 1.38 bits per heavy atom. The Labute approximate surface area is 520 Å². The lowest BCUT2D eigenvalue weighted by molar-refractivity contribution is 0.0972. The van der Waals surface area contributed by atoms with Crippen molar-refractivity contribution in [2.75, 3.05) is 97.9 Å². The van der Waals surface area contributed by atoms with Crippen LogP contribution in [-0.4, -0.2) is 122 Å². The van der Waals surface area contributed by atoms with Gasteiger partial charge >= 0.3 is 0 Å². The van der Waals surface area contributed by atoms with Crippen molar-refractivity contribution in [1.82, 2.24) is 19.1 Å². The first-order chi connectivity index (χ1) is 42.5. The largest absolute Gasteiger partial charge is 0.490 e. The summed E-state index contributed by atoms with van der Waals surface area (Å²) in [5.74, 6) is 1.84. The molecule has 466 valence electrons. The number of benzene rings is 4. The van der Waals surface area contributed by atoms with Crippen LogP contribution in [-0.2, 0) is 44.6 Å². The summed E-state index contributed by atoms with van der Waals surface area (Å²) in [6.07, 6.45) is 7.97. The molecule has 0 fully saturated rings. The summed E-state index contributed by atoms with van der Waals surface area (Å²) in [5.41, 5.74) is 10.9. The maximum Gasteiger partial charge on any atom is 0.274 e. The van der Waals surface area contributed by atoms with Crippen LogP contribution in [0, 0.1) is 0 Å². The van der Waals surface area contributed by atoms with E-state index in [1.807, 2.05) is 98.7 Å². The van der Waals surface area contributed by atoms with Crippen LogP contribution in [0.3, 0.4) is 0 Å². The third kappa shape index (κ3) is 14.4. The van der Waals surface area contributed by atoms with E-state index in [-0.39, 0.29) is 54.4 Å². The summed E-state index contributed by atoms with van der Waals surface area (Å²) in [6.45, 7) is 12.5. The summed E-state index contributed by atoms with van der Waals surface area (Å²) in [4.78, 5) is 69.7. The third-order valence-corrected chi connectivity index (χ3v) is 21.1. The van der Waals surface area contributed by atoms with Crippen LogP contribution in [0.1, 0.15) is 63.7 Å². The molecule has 0 radical (unpaired) electrons. The van der Waals surface area contributed by atoms with E-state index < -0.39 is 8.32 Å². The molecule has 4 aromatic carbocycles. The van der Waals surface area contributed by atoms with E-state index >= 15 is 0 Å². The molecular formula is C68H80N10O10Si. The van der Waals surface area contributed by atoms with Gasteiger partial charge in [0.1, 0.15) is 47.7 Å². The van der Waals surface area contributed by atoms with E-state index in [9.17, 15) is 29.4 Å². The first-order valence-corrected chi connectivity index (χ1v) is 32.5. The Bertz CT molecular complexity index is 3990. The molecule has 0 saturated heterocycles. The molecule has 21 heteroatoms. The number of carbonyl (C=O) groups excluding carboxylic acids is 2. The van der Waals surface area contributed by atoms with Gasteiger partial charge in [-0.25, -0.2) is 9.97 Å². The maximum atomic E-state index is 13.7. The molecule has 10 rings (SSSR count). The molecule has 0 unspecified atom stereocenters. The Hall–Kier alpha value is -9.12. The highest BCUT2D eigenvalue weighted by Crippen LogP contribution is 2.39. The van der Waals surface area contributed by atoms with Crippen molar-refractivity contribution in [1.29, 1.82) is 0 Å². The molecule has 4 aromatic heterocycles. The van der Waals surface area contributed by atoms with E-state index in [1.54, 1.807) is 78.9 Å². The standard InChI is InChI=1S/C37H47N5O5Si.C31H33N5O5/c1-37(2,3)48(7,8)47-19-18-46-28-13-15-34(38-22-28)39-32-21-26(23-41(6)36(32)45)29-10-9-11-33(31(29)24-43)42-17-16-25-20-27(40(4)5)12-14-30(25)35(42)44;1-34(2)22-7-9-25-20(15-22)11-12-36(30(25)39)28-6-4-5-24(26(28)19-38)21-16-27(31(40)35(3)18-21)33-29-10-8-23(17-32-29)41-14-13-37/h9-15,20-23,43H,16-19,24H2,1-8H3,(H,38,39);4-10,15-18,37-38H,11-14,19H2,1-3H3,(H,32,33). The number of fused-ring (bicyclic) bond motifs is 2. The summed E-state index contributed by atoms with van der Waals surface area (Å²) >= 11 is 0. The van der Waals surface area contributed by atoms with Crippen molar-refractivity contribution in [3.8, 4) is 33.8 Å². The van der Waals surface area contributed by atoms with E-state index in [1.165, 1.54) is 15.3 Å². The minimum absolute atomic E-state index is 0.0992. The number of carbonyl (C=O) groups is 2. The number of nitrogens with one attached hydrogen (secondary N) is 2. The molecule has 6 heterocycles. The van der Waals surface area contributed by atoms with Gasteiger partial charge in [-0.1, -0.05) is 45.0 Å². The number of aliphatic hydroxyl groups is 3. The summed E-state index contributed by atoms with van der Waals surface area (Å²) in [5, 5.41) is 36.4. The second kappa shape index (κ2) is 27.5. The quantitative estimate of drug-likeness (QED) is 0.0353. The van der Waals surface area contributed by atoms with Crippen molar-refractivity contribution in [2.45, 2.75) is 65.0 Å². The highest BCUT2D eigenvalue weighted by molar-refractivity contribution is 6.74. The smallest absolute Gasteiger partial charge is 0.274 e. The van der Waals surface area contributed by atoms with Gasteiger partial charge in [0.05, 0.1) is 50.2 Å². The van der Waals surface area contributed by atoms with E-state index in [2.05, 4.69) is 66.6 Å². The lowest BCUT2D eigenvalue weighted by atomic mass is 9.94. The van der Waals surface area contributed by atoms with Gasteiger partial charge in [0.2, 0.25) is 0 Å². The van der Waals surface area contributed by atoms with Gasteiger partial charge in [-0.3, -0.25) is 19.2 Å². The maximum absolute atomic E-state index is 13.7. The highest BCUT2D eigenvalue weighted by atomic mass is 28.4. The number of rotatable bonds is 20. The first kappa shape index (κ1) is 64.4. The average molecular weight is 1230 g/mol. The number of amides is 2. The number of hydrogen-bond donors (Lipinski definition) is 5. The number of aryl methyl sites for hydroxylation is 2. The number of ether oxygens (including phenoxy) is 2. The van der Waals surface area contributed by atoms with Crippen LogP contribution >= 0.6 is 0 Å². The number of pyridine rings is 4. The minimum Gasteiger partial charge on any atom is -0.490 e. The predicted octanol–water partition coefficient (Wildman–Crippen LogP) is 9.68. The summed E-state index contributed by atoms with van der Waals surface area (Å²) < 4.78 is 20.4. The van der Waals surface area contributed by atoms with Gasteiger partial charge in [0.25, 0.3) is 22.9 Å². The second-order valence-electron chi connectivity index (χ2n) is 24.0. The molecule has 2 aliphatic rings. The normalized spacial score (nSPS) is 13.1. The van der Waals surface area contributed by atoms with Gasteiger partial charge in [-0.05, 0) is 138 Å². The minimum atomic E-state index is -1.84. The SMILES string of the molecule is CN(C)c1ccc2c(c1)CCN(c1cccc(-c3cc(Nc4ccc(OCCO)cn4)c(=O)n(C)c3)c1CO)C2=O.CN(C)c1ccc2c(c1)CCN(c1cccc(-c3cc(Nc4ccc(OCCO[Si](C)(C)C(C)(C)C)cn4)c(=O)n(C)c3)c1CO)C2=O. The summed E-state index contributed by atoms with van der Waals surface area (Å²) in [7, 11) is 9.40. The van der Waals surface area contributed by atoms with Crippen LogP contribution in [0.15, 0.2) is 144 Å². The van der Waals surface area contributed by atoms with Crippen LogP contribution in [0.2, 0.25) is 18.1 Å². The van der Waals surface area contributed by atoms with Crippen molar-refractivity contribution in [2.24, 2.45) is 14.1 Å². The van der Waals surface area contributed by atoms with Crippen molar-refractivity contribution >= 4 is 65.9 Å². The van der Waals surface area contributed by atoms with E-state index in [4.69, 9.17) is 19.0 Å². The van der Waals surface area contributed by atoms with Gasteiger partial charge in [-0.15, -0.1) is 0 Å². The molecule has 2 amide bonds. The number of aromatic nitrogens is 4. The van der Waals surface area contributed by atoms with Crippen molar-refractivity contribution in [3.05, 3.63) is 188 Å². The number of aliphatic hydroxyl groups excluding tert-OH is 3. The predicted molar refractivity (Wildman–Crippen MR) is 355 cm³/mol. The molecule has 89 heavy (non-hydrogen) atoms. The number of nitrogens with zero attached hydrogens (tertiary/aromatic N) is 8. The fraction of sp³-hybridized carbons (Fsp3) is 0.324. The van der Waals surface area contributed by atoms with Crippen LogP contribution in [0.5, 0.6) is 11.5 Å². The number of anilines is 8. The molecular weight excluding hydrogens is 1140 g/mol. The molecule has 0 bridgehead atoms. The Morgan fingerprint density at radius 2 is 1.00 bits per heavy atom. The van der Waals surface area contributed by atoms with Crippen molar-refractivity contribution in [3.63, 3.8) is 0 Å². The zero-order chi connectivity index (χ0) is 63.9. The molecule has 2 aliphatic heterocycles. The van der Waals surface area contributed by atoms with Crippen molar-refractivity contribution < 1.29 is 38.8 Å². The second-order valence-corrected chi connectivity index (χ2v) is 28.8. The molecule has 0 aliphatic carbocycles. The monoisotopic (exact) mass is 1220 g/mol. The number of hydrogen-bond acceptors (Lipinski definition) is 16. The topological polar surface area (TPSA) is 229 Å². The molecule has 8 aromatic rings. The third-order valence-electron chi connectivity index (χ3n) is 16.5. The first-order valence-electron chi connectivity index (χ1n) is 29.6. The molecule has 0 atom stereocenters. The van der Waals surface area contributed by atoms with Crippen LogP contribution < -0.4 is 50.8 Å². The van der Waals surface area contributed by atoms with Gasteiger partial charge in [0.15, 0.2) is 8.32 Å². The Kier molecular flexibility index (Phi) is 19.9. The molecule has 20 nitrogen and oxygen atoms in total. The lowest BCUT2D eigenvalue weighted by Gasteiger charge is -2.36. The summed E-state index contributed by atoms with van der Waals surface area (Å²) in [6, 6.07) is 33.4. The fourth-order valence-corrected chi connectivity index (χ4v) is 11.6. The van der Waals surface area contributed by atoms with Gasteiger partial charge in [-0.2, -0.15) is 0 Å². The Morgan fingerprint density at radius 1 is 0.562 bits per heavy atom. The van der Waals surface area contributed by atoms with Gasteiger partial charge in [0, 0.05) is 113 Å². The Balaban J connectivity index is 0.000000214. The average Bonchev–Trinajstić information content (AvgIpc) is 1.56. The van der Waals surface area contributed by atoms with Gasteiger partial charge < -0.3 is 68.6 Å². The van der Waals surface area contributed by atoms with E-state index in [0.717, 1.165) is 28.1 Å². The fourth-order valence-electron chi connectivity index (χ4n) is 10.6. The zero-order valence-electron chi connectivity index (χ0n) is 52.5. The van der Waals surface area contributed by atoms with Crippen LogP contribution in [0.4, 0.5) is 45.8 Å². The molecule has 0 spiro atoms.